The highest BCUT2D eigenvalue weighted by Crippen LogP contribution is 2.17. The second kappa shape index (κ2) is 6.18. The zero-order valence-electron chi connectivity index (χ0n) is 13.6. The van der Waals surface area contributed by atoms with Crippen LogP contribution in [0.2, 0.25) is 0 Å². The average molecular weight is 357 g/mol. The van der Waals surface area contributed by atoms with Gasteiger partial charge >= 0.3 is 5.63 Å². The van der Waals surface area contributed by atoms with Gasteiger partial charge in [-0.3, -0.25) is 4.79 Å². The molecule has 6 nitrogen and oxygen atoms in total. The minimum atomic E-state index is -3.31. The van der Waals surface area contributed by atoms with Gasteiger partial charge in [0.15, 0.2) is 15.6 Å². The summed E-state index contributed by atoms with van der Waals surface area (Å²) >= 11 is 0. The smallest absolute Gasteiger partial charge is 0.344 e. The van der Waals surface area contributed by atoms with Gasteiger partial charge in [-0.15, -0.1) is 0 Å². The largest absolute Gasteiger partial charge is 0.417 e. The summed E-state index contributed by atoms with van der Waals surface area (Å²) in [6.07, 6.45) is 1.10. The predicted octanol–water partition coefficient (Wildman–Crippen LogP) is 2.76. The van der Waals surface area contributed by atoms with E-state index in [1.807, 2.05) is 13.0 Å². The fourth-order valence-corrected chi connectivity index (χ4v) is 3.02. The highest BCUT2D eigenvalue weighted by atomic mass is 32.2. The minimum Gasteiger partial charge on any atom is -0.417 e. The van der Waals surface area contributed by atoms with E-state index in [4.69, 9.17) is 4.42 Å². The predicted molar refractivity (Wildman–Crippen MR) is 94.7 cm³/mol. The lowest BCUT2D eigenvalue weighted by Gasteiger charge is -2.06. The molecule has 0 aliphatic rings. The van der Waals surface area contributed by atoms with Crippen molar-refractivity contribution < 1.29 is 17.6 Å². The summed E-state index contributed by atoms with van der Waals surface area (Å²) in [6, 6.07) is 12.5. The summed E-state index contributed by atoms with van der Waals surface area (Å²) in [7, 11) is -3.31. The first-order chi connectivity index (χ1) is 11.7. The number of nitrogens with one attached hydrogen (secondary N) is 1. The van der Waals surface area contributed by atoms with Crippen molar-refractivity contribution in [2.45, 2.75) is 11.8 Å². The quantitative estimate of drug-likeness (QED) is 0.778. The number of aryl methyl sites for hydroxylation is 1. The van der Waals surface area contributed by atoms with Crippen LogP contribution in [0.15, 0.2) is 62.6 Å². The number of amides is 1. The van der Waals surface area contributed by atoms with Crippen molar-refractivity contribution in [3.8, 4) is 0 Å². The maximum atomic E-state index is 12.3. The van der Waals surface area contributed by atoms with Crippen LogP contribution in [0.5, 0.6) is 0 Å². The summed E-state index contributed by atoms with van der Waals surface area (Å²) in [5.74, 6) is -0.708. The maximum Gasteiger partial charge on any atom is 0.344 e. The molecule has 128 valence electrons. The third kappa shape index (κ3) is 3.61. The number of fused-ring (bicyclic) bond motifs is 1. The van der Waals surface area contributed by atoms with E-state index in [0.29, 0.717) is 16.5 Å². The molecule has 2 aromatic carbocycles. The van der Waals surface area contributed by atoms with Crippen molar-refractivity contribution >= 4 is 32.2 Å². The summed E-state index contributed by atoms with van der Waals surface area (Å²) in [4.78, 5) is 24.5. The van der Waals surface area contributed by atoms with Crippen molar-refractivity contribution in [1.82, 2.24) is 0 Å². The first-order valence-corrected chi connectivity index (χ1v) is 9.29. The van der Waals surface area contributed by atoms with E-state index in [1.54, 1.807) is 12.1 Å². The topological polar surface area (TPSA) is 93.4 Å². The molecule has 0 fully saturated rings. The molecule has 1 aromatic heterocycles. The van der Waals surface area contributed by atoms with Crippen molar-refractivity contribution in [2.24, 2.45) is 0 Å². The number of sulfone groups is 1. The first kappa shape index (κ1) is 16.9. The molecule has 3 aromatic rings. The van der Waals surface area contributed by atoms with Crippen LogP contribution in [0, 0.1) is 6.92 Å². The number of anilines is 1. The number of carbonyl (C=O) groups excluding carboxylic acids is 1. The van der Waals surface area contributed by atoms with Gasteiger partial charge in [-0.05, 0) is 48.7 Å². The molecule has 1 amide bonds. The Kier molecular flexibility index (Phi) is 4.18. The fourth-order valence-electron chi connectivity index (χ4n) is 2.39. The Morgan fingerprint density at radius 3 is 2.36 bits per heavy atom. The second-order valence-electron chi connectivity index (χ2n) is 5.74. The van der Waals surface area contributed by atoms with Crippen molar-refractivity contribution in [3.05, 3.63) is 70.3 Å². The van der Waals surface area contributed by atoms with Crippen LogP contribution < -0.4 is 10.9 Å². The molecule has 0 spiro atoms. The van der Waals surface area contributed by atoms with Gasteiger partial charge in [-0.2, -0.15) is 0 Å². The van der Waals surface area contributed by atoms with Gasteiger partial charge in [-0.25, -0.2) is 13.2 Å². The average Bonchev–Trinajstić information content (AvgIpc) is 2.55. The van der Waals surface area contributed by atoms with Gasteiger partial charge in [-0.1, -0.05) is 17.7 Å². The van der Waals surface area contributed by atoms with Gasteiger partial charge in [0.25, 0.3) is 5.91 Å². The molecule has 0 aliphatic carbocycles. The van der Waals surface area contributed by atoms with Gasteiger partial charge in [0.1, 0.15) is 0 Å². The van der Waals surface area contributed by atoms with Crippen molar-refractivity contribution in [2.75, 3.05) is 11.6 Å². The Morgan fingerprint density at radius 1 is 1.04 bits per heavy atom. The lowest BCUT2D eigenvalue weighted by molar-refractivity contribution is 0.0993. The number of benzene rings is 2. The lowest BCUT2D eigenvalue weighted by Crippen LogP contribution is -2.15. The molecule has 7 heteroatoms. The third-order valence-electron chi connectivity index (χ3n) is 3.68. The van der Waals surface area contributed by atoms with E-state index in [0.717, 1.165) is 11.8 Å². The van der Waals surface area contributed by atoms with Gasteiger partial charge < -0.3 is 9.73 Å². The lowest BCUT2D eigenvalue weighted by atomic mass is 10.1. The molecule has 25 heavy (non-hydrogen) atoms. The molecular formula is C18H15NO5S. The van der Waals surface area contributed by atoms with Crippen LogP contribution in [0.25, 0.3) is 10.8 Å². The Morgan fingerprint density at radius 2 is 1.72 bits per heavy atom. The first-order valence-electron chi connectivity index (χ1n) is 7.40. The highest BCUT2D eigenvalue weighted by molar-refractivity contribution is 7.90. The van der Waals surface area contributed by atoms with Crippen molar-refractivity contribution in [3.63, 3.8) is 0 Å². The molecule has 0 atom stereocenters. The van der Waals surface area contributed by atoms with E-state index < -0.39 is 21.4 Å². The van der Waals surface area contributed by atoms with Gasteiger partial charge in [0.2, 0.25) is 0 Å². The van der Waals surface area contributed by atoms with Crippen LogP contribution in [-0.4, -0.2) is 20.6 Å². The van der Waals surface area contributed by atoms with Crippen LogP contribution >= 0.6 is 0 Å². The zero-order valence-corrected chi connectivity index (χ0v) is 14.4. The molecule has 0 saturated carbocycles. The Bertz CT molecular complexity index is 1130. The second-order valence-corrected chi connectivity index (χ2v) is 7.76. The number of carbonyl (C=O) groups is 1. The van der Waals surface area contributed by atoms with Crippen LogP contribution in [0.4, 0.5) is 5.69 Å². The van der Waals surface area contributed by atoms with E-state index in [-0.39, 0.29) is 10.7 Å². The maximum absolute atomic E-state index is 12.3. The molecule has 0 aliphatic heterocycles. The molecule has 1 N–H and O–H groups in total. The molecule has 0 bridgehead atoms. The van der Waals surface area contributed by atoms with E-state index in [9.17, 15) is 18.0 Å². The summed E-state index contributed by atoms with van der Waals surface area (Å²) < 4.78 is 28.0. The standard InChI is InChI=1S/C18H15NO5S/c1-11-3-4-12-10-16(24-18(21)15(12)9-11)17(20)19-13-5-7-14(8-6-13)25(2,22)23/h3-10H,1-2H3,(H,19,20). The fraction of sp³-hybridized carbons (Fsp3) is 0.111. The molecule has 0 unspecified atom stereocenters. The third-order valence-corrected chi connectivity index (χ3v) is 4.81. The van der Waals surface area contributed by atoms with E-state index in [2.05, 4.69) is 5.32 Å². The van der Waals surface area contributed by atoms with Crippen LogP contribution in [-0.2, 0) is 9.84 Å². The minimum absolute atomic E-state index is 0.117. The Hall–Kier alpha value is -2.93. The summed E-state index contributed by atoms with van der Waals surface area (Å²) in [5.41, 5.74) is 0.728. The number of hydrogen-bond donors (Lipinski definition) is 1. The normalized spacial score (nSPS) is 11.4. The zero-order chi connectivity index (χ0) is 18.2. The van der Waals surface area contributed by atoms with E-state index in [1.165, 1.54) is 30.3 Å². The molecular weight excluding hydrogens is 342 g/mol. The number of hydrogen-bond acceptors (Lipinski definition) is 5. The number of rotatable bonds is 3. The van der Waals surface area contributed by atoms with Gasteiger partial charge in [0.05, 0.1) is 10.3 Å². The van der Waals surface area contributed by atoms with Gasteiger partial charge in [0, 0.05) is 11.9 Å². The Balaban J connectivity index is 1.90. The van der Waals surface area contributed by atoms with Crippen LogP contribution in [0.3, 0.4) is 0 Å². The molecule has 1 heterocycles. The summed E-state index contributed by atoms with van der Waals surface area (Å²) in [6.45, 7) is 1.86. The molecule has 0 radical (unpaired) electrons. The van der Waals surface area contributed by atoms with E-state index >= 15 is 0 Å². The SMILES string of the molecule is Cc1ccc2cc(C(=O)Nc3ccc(S(C)(=O)=O)cc3)oc(=O)c2c1. The molecule has 0 saturated heterocycles. The van der Waals surface area contributed by atoms with Crippen molar-refractivity contribution in [1.29, 1.82) is 0 Å². The Labute approximate surface area is 144 Å². The molecule has 3 rings (SSSR count). The monoisotopic (exact) mass is 357 g/mol. The highest BCUT2D eigenvalue weighted by Gasteiger charge is 2.13. The summed E-state index contributed by atoms with van der Waals surface area (Å²) in [5, 5.41) is 3.60. The van der Waals surface area contributed by atoms with Crippen LogP contribution in [0.1, 0.15) is 16.1 Å².